The van der Waals surface area contributed by atoms with Gasteiger partial charge in [0.15, 0.2) is 0 Å². The molecule has 0 aliphatic carbocycles. The largest absolute Gasteiger partial charge is 0.487 e. The van der Waals surface area contributed by atoms with Crippen molar-refractivity contribution >= 4 is 31.9 Å². The average Bonchev–Trinajstić information content (AvgIpc) is 2.73. The second-order valence-corrected chi connectivity index (χ2v) is 8.05. The molecule has 21 heavy (non-hydrogen) atoms. The number of aryl methyl sites for hydroxylation is 1. The molecule has 0 amide bonds. The molecule has 110 valence electrons. The van der Waals surface area contributed by atoms with Gasteiger partial charge in [-0.15, -0.1) is 0 Å². The summed E-state index contributed by atoms with van der Waals surface area (Å²) in [5.41, 5.74) is 4.99. The SMILES string of the molecule is Cc1ccc(C(Br)c2ccc3c(c2)CC(C)(C)O3)cc1Br. The van der Waals surface area contributed by atoms with Crippen molar-refractivity contribution in [1.29, 1.82) is 0 Å². The van der Waals surface area contributed by atoms with Crippen LogP contribution in [0.5, 0.6) is 5.75 Å². The molecule has 0 saturated heterocycles. The molecule has 0 saturated carbocycles. The number of hydrogen-bond acceptors (Lipinski definition) is 1. The normalized spacial score (nSPS) is 17.2. The summed E-state index contributed by atoms with van der Waals surface area (Å²) in [6.07, 6.45) is 0.966. The fourth-order valence-electron chi connectivity index (χ4n) is 2.75. The molecule has 1 aliphatic rings. The predicted molar refractivity (Wildman–Crippen MR) is 94.5 cm³/mol. The molecule has 2 aromatic rings. The van der Waals surface area contributed by atoms with Gasteiger partial charge in [0, 0.05) is 10.9 Å². The first-order chi connectivity index (χ1) is 9.85. The molecule has 0 fully saturated rings. The molecule has 1 atom stereocenters. The Morgan fingerprint density at radius 1 is 1.10 bits per heavy atom. The average molecular weight is 410 g/mol. The molecular formula is C18H18Br2O. The predicted octanol–water partition coefficient (Wildman–Crippen LogP) is 5.96. The second kappa shape index (κ2) is 5.44. The van der Waals surface area contributed by atoms with E-state index < -0.39 is 0 Å². The molecule has 3 heteroatoms. The molecule has 1 unspecified atom stereocenters. The minimum Gasteiger partial charge on any atom is -0.487 e. The Morgan fingerprint density at radius 2 is 1.76 bits per heavy atom. The van der Waals surface area contributed by atoms with E-state index in [1.807, 2.05) is 0 Å². The van der Waals surface area contributed by atoms with Gasteiger partial charge in [-0.3, -0.25) is 0 Å². The van der Waals surface area contributed by atoms with Crippen LogP contribution in [0.2, 0.25) is 0 Å². The molecule has 1 heterocycles. The first-order valence-corrected chi connectivity index (χ1v) is 8.78. The number of benzene rings is 2. The van der Waals surface area contributed by atoms with Crippen LogP contribution in [-0.2, 0) is 6.42 Å². The van der Waals surface area contributed by atoms with Gasteiger partial charge in [0.25, 0.3) is 0 Å². The van der Waals surface area contributed by atoms with Crippen molar-refractivity contribution in [3.8, 4) is 5.75 Å². The van der Waals surface area contributed by atoms with Crippen molar-refractivity contribution in [3.05, 3.63) is 63.1 Å². The molecule has 1 nitrogen and oxygen atoms in total. The molecule has 0 radical (unpaired) electrons. The third kappa shape index (κ3) is 3.04. The van der Waals surface area contributed by atoms with Crippen LogP contribution >= 0.6 is 31.9 Å². The lowest BCUT2D eigenvalue weighted by Crippen LogP contribution is -2.24. The summed E-state index contributed by atoms with van der Waals surface area (Å²) in [4.78, 5) is 0.198. The third-order valence-electron chi connectivity index (χ3n) is 3.87. The van der Waals surface area contributed by atoms with Crippen LogP contribution in [0.15, 0.2) is 40.9 Å². The lowest BCUT2D eigenvalue weighted by Gasteiger charge is -2.16. The highest BCUT2D eigenvalue weighted by molar-refractivity contribution is 9.10. The number of hydrogen-bond donors (Lipinski definition) is 0. The van der Waals surface area contributed by atoms with Gasteiger partial charge in [0.1, 0.15) is 11.4 Å². The summed E-state index contributed by atoms with van der Waals surface area (Å²) < 4.78 is 7.09. The zero-order chi connectivity index (χ0) is 15.2. The van der Waals surface area contributed by atoms with Crippen LogP contribution in [0.4, 0.5) is 0 Å². The quantitative estimate of drug-likeness (QED) is 0.556. The highest BCUT2D eigenvalue weighted by atomic mass is 79.9. The Balaban J connectivity index is 1.93. The smallest absolute Gasteiger partial charge is 0.123 e. The first kappa shape index (κ1) is 15.1. The van der Waals surface area contributed by atoms with Crippen molar-refractivity contribution in [2.24, 2.45) is 0 Å². The Hall–Kier alpha value is -0.800. The van der Waals surface area contributed by atoms with Gasteiger partial charge < -0.3 is 4.74 Å². The van der Waals surface area contributed by atoms with E-state index in [1.165, 1.54) is 22.3 Å². The maximum atomic E-state index is 5.95. The lowest BCUT2D eigenvalue weighted by atomic mass is 9.97. The molecular weight excluding hydrogens is 392 g/mol. The van der Waals surface area contributed by atoms with Gasteiger partial charge in [-0.2, -0.15) is 0 Å². The summed E-state index contributed by atoms with van der Waals surface area (Å²) in [7, 11) is 0. The van der Waals surface area contributed by atoms with E-state index in [9.17, 15) is 0 Å². The van der Waals surface area contributed by atoms with Gasteiger partial charge >= 0.3 is 0 Å². The van der Waals surface area contributed by atoms with E-state index in [2.05, 4.69) is 89.0 Å². The Labute approximate surface area is 143 Å². The Kier molecular flexibility index (Phi) is 3.91. The Bertz CT molecular complexity index is 692. The van der Waals surface area contributed by atoms with Crippen molar-refractivity contribution in [1.82, 2.24) is 0 Å². The van der Waals surface area contributed by atoms with E-state index in [0.717, 1.165) is 16.6 Å². The van der Waals surface area contributed by atoms with Crippen LogP contribution in [0.1, 0.15) is 40.9 Å². The summed E-state index contributed by atoms with van der Waals surface area (Å²) >= 11 is 7.44. The highest BCUT2D eigenvalue weighted by Gasteiger charge is 2.30. The molecule has 0 spiro atoms. The molecule has 2 aromatic carbocycles. The van der Waals surface area contributed by atoms with Gasteiger partial charge in [0.2, 0.25) is 0 Å². The van der Waals surface area contributed by atoms with Crippen LogP contribution in [0.3, 0.4) is 0 Å². The topological polar surface area (TPSA) is 9.23 Å². The minimum absolute atomic E-state index is 0.0876. The summed E-state index contributed by atoms with van der Waals surface area (Å²) in [5, 5.41) is 0. The fraction of sp³-hybridized carbons (Fsp3) is 0.333. The van der Waals surface area contributed by atoms with Crippen LogP contribution < -0.4 is 4.74 Å². The van der Waals surface area contributed by atoms with Crippen LogP contribution in [0.25, 0.3) is 0 Å². The molecule has 1 aliphatic heterocycles. The number of fused-ring (bicyclic) bond motifs is 1. The van der Waals surface area contributed by atoms with E-state index in [4.69, 9.17) is 4.74 Å². The second-order valence-electron chi connectivity index (χ2n) is 6.28. The minimum atomic E-state index is -0.0876. The number of rotatable bonds is 2. The van der Waals surface area contributed by atoms with E-state index in [1.54, 1.807) is 0 Å². The van der Waals surface area contributed by atoms with E-state index in [0.29, 0.717) is 0 Å². The number of halogens is 2. The van der Waals surface area contributed by atoms with Gasteiger partial charge in [-0.1, -0.05) is 56.1 Å². The van der Waals surface area contributed by atoms with Crippen LogP contribution in [0, 0.1) is 6.92 Å². The van der Waals surface area contributed by atoms with Gasteiger partial charge in [-0.05, 0) is 55.2 Å². The maximum Gasteiger partial charge on any atom is 0.123 e. The molecule has 0 bridgehead atoms. The lowest BCUT2D eigenvalue weighted by molar-refractivity contribution is 0.138. The zero-order valence-electron chi connectivity index (χ0n) is 12.4. The fourth-order valence-corrected chi connectivity index (χ4v) is 3.71. The van der Waals surface area contributed by atoms with E-state index >= 15 is 0 Å². The first-order valence-electron chi connectivity index (χ1n) is 7.08. The number of ether oxygens (including phenoxy) is 1. The van der Waals surface area contributed by atoms with Crippen molar-refractivity contribution in [2.75, 3.05) is 0 Å². The summed E-state index contributed by atoms with van der Waals surface area (Å²) in [5.74, 6) is 1.02. The van der Waals surface area contributed by atoms with Crippen molar-refractivity contribution in [3.63, 3.8) is 0 Å². The number of alkyl halides is 1. The van der Waals surface area contributed by atoms with Crippen LogP contribution in [-0.4, -0.2) is 5.60 Å². The summed E-state index contributed by atoms with van der Waals surface area (Å²) in [6.45, 7) is 6.37. The summed E-state index contributed by atoms with van der Waals surface area (Å²) in [6, 6.07) is 13.0. The van der Waals surface area contributed by atoms with Crippen molar-refractivity contribution < 1.29 is 4.74 Å². The molecule has 3 rings (SSSR count). The molecule has 0 N–H and O–H groups in total. The third-order valence-corrected chi connectivity index (χ3v) is 5.78. The van der Waals surface area contributed by atoms with Gasteiger partial charge in [-0.25, -0.2) is 0 Å². The molecule has 0 aromatic heterocycles. The standard InChI is InChI=1S/C18H18Br2O/c1-11-4-5-13(9-15(11)19)17(20)12-6-7-16-14(8-12)10-18(2,3)21-16/h4-9,17H,10H2,1-3H3. The highest BCUT2D eigenvalue weighted by Crippen LogP contribution is 2.39. The monoisotopic (exact) mass is 408 g/mol. The van der Waals surface area contributed by atoms with Gasteiger partial charge in [0.05, 0.1) is 4.83 Å². The van der Waals surface area contributed by atoms with Crippen molar-refractivity contribution in [2.45, 2.75) is 37.6 Å². The van der Waals surface area contributed by atoms with E-state index in [-0.39, 0.29) is 10.4 Å². The Morgan fingerprint density at radius 3 is 2.48 bits per heavy atom. The maximum absolute atomic E-state index is 5.95. The zero-order valence-corrected chi connectivity index (χ0v) is 15.6.